The van der Waals surface area contributed by atoms with Gasteiger partial charge in [0.05, 0.1) is 23.9 Å². The SMILES string of the molecule is O=C(NCC1CCCO1)c1ccc(O)cc1OC[C@H](O)CN1CCC2(CC1)OCc1cc(Cl)ccc12. The van der Waals surface area contributed by atoms with E-state index in [0.717, 1.165) is 56.0 Å². The van der Waals surface area contributed by atoms with Crippen LogP contribution in [0.2, 0.25) is 5.02 Å². The molecule has 0 bridgehead atoms. The van der Waals surface area contributed by atoms with E-state index in [0.29, 0.717) is 25.3 Å². The molecule has 2 aromatic rings. The number of aliphatic hydroxyl groups excluding tert-OH is 1. The first-order valence-corrected chi connectivity index (χ1v) is 13.0. The highest BCUT2D eigenvalue weighted by Gasteiger charge is 2.42. The highest BCUT2D eigenvalue weighted by Crippen LogP contribution is 2.44. The summed E-state index contributed by atoms with van der Waals surface area (Å²) in [6, 6.07) is 10.4. The summed E-state index contributed by atoms with van der Waals surface area (Å²) in [6.07, 6.45) is 2.89. The highest BCUT2D eigenvalue weighted by atomic mass is 35.5. The molecule has 3 aliphatic heterocycles. The largest absolute Gasteiger partial charge is 0.508 e. The monoisotopic (exact) mass is 516 g/mol. The highest BCUT2D eigenvalue weighted by molar-refractivity contribution is 6.30. The van der Waals surface area contributed by atoms with Gasteiger partial charge < -0.3 is 34.6 Å². The topological polar surface area (TPSA) is 100 Å². The molecule has 194 valence electrons. The van der Waals surface area contributed by atoms with Gasteiger partial charge in [-0.05, 0) is 61.1 Å². The molecule has 2 aromatic carbocycles. The number of likely N-dealkylation sites (tertiary alicyclic amines) is 1. The Balaban J connectivity index is 1.12. The average molecular weight is 517 g/mol. The minimum atomic E-state index is -0.750. The Bertz CT molecular complexity index is 1080. The van der Waals surface area contributed by atoms with Gasteiger partial charge in [-0.2, -0.15) is 0 Å². The van der Waals surface area contributed by atoms with E-state index in [1.807, 2.05) is 12.1 Å². The third-order valence-corrected chi connectivity index (χ3v) is 7.59. The molecule has 8 nitrogen and oxygen atoms in total. The number of β-amino-alcohol motifs (C(OH)–C–C–N with tert-alkyl or cyclic N) is 1. The molecule has 9 heteroatoms. The zero-order valence-corrected chi connectivity index (χ0v) is 21.0. The Morgan fingerprint density at radius 1 is 1.25 bits per heavy atom. The Kier molecular flexibility index (Phi) is 7.69. The van der Waals surface area contributed by atoms with Crippen LogP contribution in [0.5, 0.6) is 11.5 Å². The second-order valence-corrected chi connectivity index (χ2v) is 10.3. The lowest BCUT2D eigenvalue weighted by Gasteiger charge is -2.39. The summed E-state index contributed by atoms with van der Waals surface area (Å²) < 4.78 is 17.6. The van der Waals surface area contributed by atoms with Gasteiger partial charge in [0.15, 0.2) is 0 Å². The van der Waals surface area contributed by atoms with Crippen molar-refractivity contribution in [3.05, 3.63) is 58.1 Å². The molecule has 3 N–H and O–H groups in total. The quantitative estimate of drug-likeness (QED) is 0.495. The van der Waals surface area contributed by atoms with Crippen LogP contribution in [0.15, 0.2) is 36.4 Å². The Hall–Kier alpha value is -2.36. The fraction of sp³-hybridized carbons (Fsp3) is 0.519. The van der Waals surface area contributed by atoms with E-state index in [1.165, 1.54) is 23.8 Å². The number of nitrogens with one attached hydrogen (secondary N) is 1. The minimum Gasteiger partial charge on any atom is -0.508 e. The average Bonchev–Trinajstić information content (AvgIpc) is 3.51. The first kappa shape index (κ1) is 25.3. The van der Waals surface area contributed by atoms with Gasteiger partial charge >= 0.3 is 0 Å². The molecule has 0 aliphatic carbocycles. The number of benzene rings is 2. The third kappa shape index (κ3) is 5.63. The lowest BCUT2D eigenvalue weighted by atomic mass is 9.84. The second-order valence-electron chi connectivity index (χ2n) is 9.88. The van der Waals surface area contributed by atoms with Crippen molar-refractivity contribution in [3.8, 4) is 11.5 Å². The first-order valence-electron chi connectivity index (χ1n) is 12.6. The van der Waals surface area contributed by atoms with Crippen molar-refractivity contribution in [3.63, 3.8) is 0 Å². The Labute approximate surface area is 216 Å². The summed E-state index contributed by atoms with van der Waals surface area (Å²) >= 11 is 6.14. The number of aliphatic hydroxyl groups is 1. The van der Waals surface area contributed by atoms with Crippen LogP contribution >= 0.6 is 11.6 Å². The molecular weight excluding hydrogens is 484 g/mol. The summed E-state index contributed by atoms with van der Waals surface area (Å²) in [4.78, 5) is 14.9. The van der Waals surface area contributed by atoms with Crippen molar-refractivity contribution in [1.82, 2.24) is 10.2 Å². The zero-order valence-electron chi connectivity index (χ0n) is 20.2. The molecule has 36 heavy (non-hydrogen) atoms. The lowest BCUT2D eigenvalue weighted by Crippen LogP contribution is -2.46. The molecule has 1 unspecified atom stereocenters. The van der Waals surface area contributed by atoms with Crippen LogP contribution in [0, 0.1) is 0 Å². The van der Waals surface area contributed by atoms with E-state index < -0.39 is 6.10 Å². The number of phenols is 1. The van der Waals surface area contributed by atoms with Gasteiger partial charge in [-0.3, -0.25) is 4.79 Å². The van der Waals surface area contributed by atoms with E-state index in [4.69, 9.17) is 25.8 Å². The predicted molar refractivity (Wildman–Crippen MR) is 135 cm³/mol. The number of hydrogen-bond donors (Lipinski definition) is 3. The number of fused-ring (bicyclic) bond motifs is 2. The fourth-order valence-corrected chi connectivity index (χ4v) is 5.59. The number of rotatable bonds is 8. The molecule has 1 amide bonds. The van der Waals surface area contributed by atoms with Crippen molar-refractivity contribution >= 4 is 17.5 Å². The molecule has 2 fully saturated rings. The van der Waals surface area contributed by atoms with Gasteiger partial charge in [0.25, 0.3) is 5.91 Å². The summed E-state index contributed by atoms with van der Waals surface area (Å²) in [5.41, 5.74) is 2.43. The predicted octanol–water partition coefficient (Wildman–Crippen LogP) is 3.22. The van der Waals surface area contributed by atoms with Gasteiger partial charge in [-0.25, -0.2) is 0 Å². The number of phenolic OH excluding ortho intramolecular Hbond substituents is 1. The second kappa shape index (κ2) is 10.9. The number of amides is 1. The van der Waals surface area contributed by atoms with Gasteiger partial charge in [-0.15, -0.1) is 0 Å². The molecule has 0 radical (unpaired) electrons. The van der Waals surface area contributed by atoms with Gasteiger partial charge in [0.1, 0.15) is 24.2 Å². The minimum absolute atomic E-state index is 0.00498. The lowest BCUT2D eigenvalue weighted by molar-refractivity contribution is -0.0835. The summed E-state index contributed by atoms with van der Waals surface area (Å²) in [5.74, 6) is -0.0600. The number of ether oxygens (including phenoxy) is 3. The normalized spacial score (nSPS) is 21.9. The molecule has 3 heterocycles. The molecular formula is C27H33ClN2O6. The van der Waals surface area contributed by atoms with Crippen LogP contribution in [-0.4, -0.2) is 72.6 Å². The van der Waals surface area contributed by atoms with Crippen molar-refractivity contribution in [2.45, 2.75) is 50.1 Å². The smallest absolute Gasteiger partial charge is 0.255 e. The number of carbonyl (C=O) groups is 1. The van der Waals surface area contributed by atoms with Gasteiger partial charge in [0.2, 0.25) is 0 Å². The van der Waals surface area contributed by atoms with E-state index in [9.17, 15) is 15.0 Å². The van der Waals surface area contributed by atoms with Crippen LogP contribution < -0.4 is 10.1 Å². The van der Waals surface area contributed by atoms with Gasteiger partial charge in [-0.1, -0.05) is 17.7 Å². The summed E-state index contributed by atoms with van der Waals surface area (Å²) in [7, 11) is 0. The molecule has 2 saturated heterocycles. The number of piperidine rings is 1. The number of nitrogens with zero attached hydrogens (tertiary/aromatic N) is 1. The van der Waals surface area contributed by atoms with Crippen molar-refractivity contribution in [2.24, 2.45) is 0 Å². The van der Waals surface area contributed by atoms with E-state index in [-0.39, 0.29) is 35.7 Å². The van der Waals surface area contributed by atoms with Crippen LogP contribution in [0.4, 0.5) is 0 Å². The molecule has 5 rings (SSSR count). The molecule has 0 saturated carbocycles. The van der Waals surface area contributed by atoms with E-state index in [2.05, 4.69) is 16.3 Å². The Morgan fingerprint density at radius 2 is 2.08 bits per heavy atom. The Morgan fingerprint density at radius 3 is 2.86 bits per heavy atom. The fourth-order valence-electron chi connectivity index (χ4n) is 5.39. The van der Waals surface area contributed by atoms with Crippen molar-refractivity contribution < 1.29 is 29.2 Å². The van der Waals surface area contributed by atoms with E-state index >= 15 is 0 Å². The summed E-state index contributed by atoms with van der Waals surface area (Å²) in [6.45, 7) is 3.78. The molecule has 2 atom stereocenters. The number of carbonyl (C=O) groups excluding carboxylic acids is 1. The van der Waals surface area contributed by atoms with Crippen LogP contribution in [0.3, 0.4) is 0 Å². The van der Waals surface area contributed by atoms with Crippen molar-refractivity contribution in [2.75, 3.05) is 39.4 Å². The summed E-state index contributed by atoms with van der Waals surface area (Å²) in [5, 5.41) is 24.2. The maximum atomic E-state index is 12.7. The molecule has 3 aliphatic rings. The maximum Gasteiger partial charge on any atom is 0.255 e. The van der Waals surface area contributed by atoms with Crippen LogP contribution in [0.25, 0.3) is 0 Å². The van der Waals surface area contributed by atoms with Crippen LogP contribution in [0.1, 0.15) is 47.2 Å². The number of halogens is 1. The number of aromatic hydroxyl groups is 1. The molecule has 1 spiro atoms. The van der Waals surface area contributed by atoms with E-state index in [1.54, 1.807) is 0 Å². The zero-order chi connectivity index (χ0) is 25.1. The van der Waals surface area contributed by atoms with Crippen molar-refractivity contribution in [1.29, 1.82) is 0 Å². The molecule has 0 aromatic heterocycles. The third-order valence-electron chi connectivity index (χ3n) is 7.35. The maximum absolute atomic E-state index is 12.7. The number of hydrogen-bond acceptors (Lipinski definition) is 7. The van der Waals surface area contributed by atoms with Gasteiger partial charge in [0, 0.05) is 43.9 Å². The standard InChI is InChI=1S/C27H33ClN2O6/c28-19-3-6-24-18(12-19)16-36-27(24)7-9-30(10-8-27)15-21(32)17-35-25-13-20(31)4-5-23(25)26(33)29-14-22-2-1-11-34-22/h3-6,12-13,21-22,31-32H,1-2,7-11,14-17H2,(H,29,33)/t21-,22?/m1/s1. The van der Waals surface area contributed by atoms with Crippen LogP contribution in [-0.2, 0) is 21.7 Å². The first-order chi connectivity index (χ1) is 17.4.